The third-order valence-electron chi connectivity index (χ3n) is 10.9. The molecule has 0 aromatic heterocycles. The van der Waals surface area contributed by atoms with Gasteiger partial charge < -0.3 is 0 Å². The topological polar surface area (TPSA) is 40.6 Å². The molecule has 2 aromatic carbocycles. The van der Waals surface area contributed by atoms with Crippen LogP contribution in [0.5, 0.6) is 0 Å². The number of allylic oxidation sites excluding steroid dienone is 8. The van der Waals surface area contributed by atoms with Crippen molar-refractivity contribution in [1.29, 1.82) is 0 Å². The SMILES string of the molecule is CCCCN(C(=O)C(C)(C)CC)c1ccc(F)[c]([Ti]([C]2=CC=CC2)([C]2=CC=CC2)[c]2c(F)ccc(N(CCCC)C(=O)C(C)(C)CC)c2F)c1F. The van der Waals surface area contributed by atoms with Crippen LogP contribution in [0, 0.1) is 34.1 Å². The molecule has 0 saturated heterocycles. The molecule has 2 aliphatic rings. The molecule has 0 aliphatic heterocycles. The van der Waals surface area contributed by atoms with Gasteiger partial charge in [-0.3, -0.25) is 0 Å². The predicted molar refractivity (Wildman–Crippen MR) is 198 cm³/mol. The van der Waals surface area contributed by atoms with Crippen LogP contribution in [0.4, 0.5) is 28.9 Å². The van der Waals surface area contributed by atoms with Crippen LogP contribution in [0.3, 0.4) is 0 Å². The van der Waals surface area contributed by atoms with E-state index >= 15 is 17.6 Å². The van der Waals surface area contributed by atoms with E-state index in [9.17, 15) is 9.59 Å². The Morgan fingerprint density at radius 3 is 1.31 bits per heavy atom. The minimum absolute atomic E-state index is 0.0964. The van der Waals surface area contributed by atoms with Crippen LogP contribution in [-0.2, 0) is 26.2 Å². The van der Waals surface area contributed by atoms with Gasteiger partial charge in [-0.15, -0.1) is 0 Å². The Hall–Kier alpha value is -3.23. The molecular formula is C42H54F4N2O2Ti. The monoisotopic (exact) mass is 742 g/mol. The molecule has 51 heavy (non-hydrogen) atoms. The molecule has 0 unspecified atom stereocenters. The second-order valence-corrected chi connectivity index (χ2v) is 20.9. The maximum atomic E-state index is 17.8. The number of unbranched alkanes of at least 4 members (excludes halogenated alkanes) is 2. The number of halogens is 4. The molecule has 4 rings (SSSR count). The van der Waals surface area contributed by atoms with Crippen LogP contribution in [0.15, 0.2) is 68.5 Å². The molecule has 2 aromatic rings. The fraction of sp³-hybridized carbons (Fsp3) is 0.476. The molecule has 0 spiro atoms. The summed E-state index contributed by atoms with van der Waals surface area (Å²) in [7, 11) is 0. The Morgan fingerprint density at radius 1 is 0.647 bits per heavy atom. The normalized spacial score (nSPS) is 14.6. The predicted octanol–water partition coefficient (Wildman–Crippen LogP) is 10.2. The number of benzene rings is 2. The average Bonchev–Trinajstić information content (AvgIpc) is 3.85. The van der Waals surface area contributed by atoms with Crippen LogP contribution < -0.4 is 17.5 Å². The summed E-state index contributed by atoms with van der Waals surface area (Å²) in [4.78, 5) is 30.9. The first-order valence-corrected chi connectivity index (χ1v) is 21.6. The number of carbonyl (C=O) groups excluding carboxylic acids is 2. The molecule has 0 N–H and O–H groups in total. The molecule has 0 atom stereocenters. The Bertz CT molecular complexity index is 1630. The number of hydrogen-bond donors (Lipinski definition) is 0. The molecule has 2 amide bonds. The van der Waals surface area contributed by atoms with Gasteiger partial charge in [-0.25, -0.2) is 0 Å². The first-order chi connectivity index (χ1) is 24.1. The van der Waals surface area contributed by atoms with E-state index in [1.807, 2.05) is 39.8 Å². The average molecular weight is 743 g/mol. The molecule has 276 valence electrons. The standard InChI is InChI=1S/2C16H22F2NO.2C5H5.Ti/c2*1-5-7-10-19(15(20)16(3,4)6-2)14-9-8-12(17)11-13(14)18;2*1-2-4-5-3-1;/h2*8-9H,5-7,10H2,1-4H3;2*1-3H,4H2;. The van der Waals surface area contributed by atoms with E-state index < -0.39 is 50.7 Å². The van der Waals surface area contributed by atoms with E-state index in [2.05, 4.69) is 0 Å². The van der Waals surface area contributed by atoms with Crippen LogP contribution in [0.1, 0.15) is 107 Å². The van der Waals surface area contributed by atoms with Crippen LogP contribution in [0.2, 0.25) is 0 Å². The van der Waals surface area contributed by atoms with E-state index in [0.717, 1.165) is 25.0 Å². The van der Waals surface area contributed by atoms with Crippen molar-refractivity contribution in [3.63, 3.8) is 0 Å². The van der Waals surface area contributed by atoms with Crippen molar-refractivity contribution in [3.8, 4) is 0 Å². The van der Waals surface area contributed by atoms with Crippen molar-refractivity contribution < 1.29 is 43.7 Å². The molecule has 0 fully saturated rings. The van der Waals surface area contributed by atoms with Gasteiger partial charge in [0.05, 0.1) is 0 Å². The minimum atomic E-state index is -5.25. The summed E-state index contributed by atoms with van der Waals surface area (Å²) in [5.74, 6) is -4.38. The zero-order valence-electron chi connectivity index (χ0n) is 31.6. The fourth-order valence-electron chi connectivity index (χ4n) is 6.94. The number of nitrogens with zero attached hydrogens (tertiary/aromatic N) is 2. The molecule has 0 radical (unpaired) electrons. The maximum absolute atomic E-state index is 17.8. The Kier molecular flexibility index (Phi) is 13.2. The number of anilines is 2. The van der Waals surface area contributed by atoms with Crippen molar-refractivity contribution in [2.75, 3.05) is 22.9 Å². The van der Waals surface area contributed by atoms with Gasteiger partial charge in [-0.1, -0.05) is 0 Å². The van der Waals surface area contributed by atoms with Crippen molar-refractivity contribution in [2.24, 2.45) is 10.8 Å². The summed E-state index contributed by atoms with van der Waals surface area (Å²) in [6.45, 7) is 15.3. The van der Waals surface area contributed by atoms with Crippen LogP contribution >= 0.6 is 0 Å². The third kappa shape index (κ3) is 7.64. The molecule has 2 aliphatic carbocycles. The van der Waals surface area contributed by atoms with Crippen molar-refractivity contribution >= 4 is 30.9 Å². The summed E-state index contributed by atoms with van der Waals surface area (Å²) >= 11 is -5.25. The van der Waals surface area contributed by atoms with Crippen molar-refractivity contribution in [1.82, 2.24) is 0 Å². The van der Waals surface area contributed by atoms with Crippen molar-refractivity contribution in [3.05, 3.63) is 91.7 Å². The number of amides is 2. The first kappa shape index (κ1) is 40.5. The molecule has 9 heteroatoms. The molecule has 0 bridgehead atoms. The molecule has 0 heterocycles. The van der Waals surface area contributed by atoms with E-state index in [4.69, 9.17) is 0 Å². The fourth-order valence-corrected chi connectivity index (χ4v) is 15.2. The zero-order chi connectivity index (χ0) is 37.7. The summed E-state index contributed by atoms with van der Waals surface area (Å²) in [6.07, 6.45) is 14.8. The van der Waals surface area contributed by atoms with Gasteiger partial charge in [0, 0.05) is 0 Å². The molecule has 4 nitrogen and oxygen atoms in total. The number of rotatable bonds is 16. The Balaban J connectivity index is 2.16. The Morgan fingerprint density at radius 2 is 1.02 bits per heavy atom. The van der Waals surface area contributed by atoms with E-state index in [0.29, 0.717) is 33.4 Å². The molecule has 0 saturated carbocycles. The van der Waals surface area contributed by atoms with E-state index in [1.165, 1.54) is 21.9 Å². The third-order valence-corrected chi connectivity index (χ3v) is 18.8. The Labute approximate surface area is 305 Å². The summed E-state index contributed by atoms with van der Waals surface area (Å²) in [5, 5.41) is 0. The van der Waals surface area contributed by atoms with Gasteiger partial charge >= 0.3 is 307 Å². The number of hydrogen-bond acceptors (Lipinski definition) is 2. The van der Waals surface area contributed by atoms with Gasteiger partial charge in [-0.2, -0.15) is 0 Å². The van der Waals surface area contributed by atoms with E-state index in [-0.39, 0.29) is 56.9 Å². The van der Waals surface area contributed by atoms with Crippen LogP contribution in [0.25, 0.3) is 0 Å². The summed E-state index contributed by atoms with van der Waals surface area (Å²) in [5.41, 5.74) is -1.87. The summed E-state index contributed by atoms with van der Waals surface area (Å²) < 4.78 is 69.7. The second-order valence-electron chi connectivity index (χ2n) is 15.0. The quantitative estimate of drug-likeness (QED) is 0.127. The van der Waals surface area contributed by atoms with E-state index in [1.54, 1.807) is 52.0 Å². The van der Waals surface area contributed by atoms with Crippen LogP contribution in [-0.4, -0.2) is 24.9 Å². The van der Waals surface area contributed by atoms with Gasteiger partial charge in [0.25, 0.3) is 0 Å². The zero-order valence-corrected chi connectivity index (χ0v) is 33.1. The molecular weight excluding hydrogens is 688 g/mol. The summed E-state index contributed by atoms with van der Waals surface area (Å²) in [6, 6.07) is 4.85. The van der Waals surface area contributed by atoms with Gasteiger partial charge in [0.1, 0.15) is 0 Å². The van der Waals surface area contributed by atoms with Crippen molar-refractivity contribution in [2.45, 2.75) is 107 Å². The van der Waals surface area contributed by atoms with Gasteiger partial charge in [0.2, 0.25) is 0 Å². The number of carbonyl (C=O) groups is 2. The van der Waals surface area contributed by atoms with Gasteiger partial charge in [-0.05, 0) is 0 Å². The first-order valence-electron chi connectivity index (χ1n) is 18.5. The second kappa shape index (κ2) is 16.6. The van der Waals surface area contributed by atoms with Gasteiger partial charge in [0.15, 0.2) is 0 Å².